The first-order valence-corrected chi connectivity index (χ1v) is 4.98. The van der Waals surface area contributed by atoms with Crippen molar-refractivity contribution in [1.82, 2.24) is 9.97 Å². The van der Waals surface area contributed by atoms with Crippen LogP contribution in [0.1, 0.15) is 0 Å². The summed E-state index contributed by atoms with van der Waals surface area (Å²) in [5.41, 5.74) is 1.95. The molecule has 0 atom stereocenters. The van der Waals surface area contributed by atoms with Crippen LogP contribution in [0.3, 0.4) is 0 Å². The van der Waals surface area contributed by atoms with E-state index in [0.717, 1.165) is 21.8 Å². The number of fused-ring (bicyclic) bond motifs is 3. The fourth-order valence-corrected chi connectivity index (χ4v) is 1.68. The van der Waals surface area contributed by atoms with Gasteiger partial charge < -0.3 is 23.7 Å². The van der Waals surface area contributed by atoms with Gasteiger partial charge in [-0.15, -0.1) is 0 Å². The molecule has 0 spiro atoms. The maximum atomic E-state index is 6.25. The van der Waals surface area contributed by atoms with Gasteiger partial charge in [-0.25, -0.2) is 0 Å². The van der Waals surface area contributed by atoms with Crippen molar-refractivity contribution >= 4 is 30.2 Å². The third-order valence-corrected chi connectivity index (χ3v) is 2.34. The van der Waals surface area contributed by atoms with E-state index in [9.17, 15) is 0 Å². The topological polar surface area (TPSA) is 73.4 Å². The molecule has 2 aromatic heterocycles. The molecule has 0 saturated heterocycles. The van der Waals surface area contributed by atoms with Gasteiger partial charge in [-0.1, -0.05) is 24.3 Å². The molecule has 1 aromatic carbocycles. The Morgan fingerprint density at radius 1 is 0.700 bits per heavy atom. The SMILES string of the molecule is [B].[C-]#N.[C-]#N.[Pt+2].c1cnc2c(c1)ccc1cccnc12. The van der Waals surface area contributed by atoms with Gasteiger partial charge in [0.2, 0.25) is 0 Å². The Hall–Kier alpha value is -2.23. The molecule has 0 aliphatic rings. The molecule has 97 valence electrons. The monoisotopic (exact) mass is 438 g/mol. The van der Waals surface area contributed by atoms with Crippen LogP contribution in [-0.4, -0.2) is 18.4 Å². The number of rotatable bonds is 0. The van der Waals surface area contributed by atoms with Crippen molar-refractivity contribution in [3.8, 4) is 0 Å². The van der Waals surface area contributed by atoms with Crippen molar-refractivity contribution in [2.75, 3.05) is 0 Å². The summed E-state index contributed by atoms with van der Waals surface area (Å²) in [4.78, 5) is 8.69. The first-order chi connectivity index (χ1) is 8.95. The Balaban J connectivity index is 0. The van der Waals surface area contributed by atoms with Crippen LogP contribution in [0.2, 0.25) is 0 Å². The molecule has 0 saturated carbocycles. The molecule has 3 radical (unpaired) electrons. The molecule has 0 aliphatic carbocycles. The fourth-order valence-electron chi connectivity index (χ4n) is 1.68. The average Bonchev–Trinajstić information content (AvgIpc) is 2.51. The van der Waals surface area contributed by atoms with Crippen LogP contribution in [0.15, 0.2) is 48.8 Å². The number of hydrogen-bond donors (Lipinski definition) is 0. The Morgan fingerprint density at radius 3 is 1.40 bits per heavy atom. The zero-order valence-corrected chi connectivity index (χ0v) is 12.6. The number of benzene rings is 1. The molecular formula is C14H8BN4Pt. The second kappa shape index (κ2) is 10.7. The van der Waals surface area contributed by atoms with Crippen LogP contribution in [0.25, 0.3) is 21.8 Å². The minimum atomic E-state index is 0. The fraction of sp³-hybridized carbons (Fsp3) is 0. The second-order valence-electron chi connectivity index (χ2n) is 3.22. The first kappa shape index (κ1) is 20.1. The summed E-state index contributed by atoms with van der Waals surface area (Å²) < 4.78 is 0. The molecule has 0 unspecified atom stereocenters. The molecule has 2 heterocycles. The van der Waals surface area contributed by atoms with Gasteiger partial charge in [0.15, 0.2) is 0 Å². The van der Waals surface area contributed by atoms with Crippen LogP contribution >= 0.6 is 0 Å². The molecule has 0 N–H and O–H groups in total. The van der Waals surface area contributed by atoms with Gasteiger partial charge >= 0.3 is 21.1 Å². The van der Waals surface area contributed by atoms with E-state index in [1.165, 1.54) is 0 Å². The number of hydrogen-bond acceptors (Lipinski definition) is 4. The second-order valence-corrected chi connectivity index (χ2v) is 3.22. The average molecular weight is 438 g/mol. The molecular weight excluding hydrogens is 430 g/mol. The maximum Gasteiger partial charge on any atom is 2.00 e. The van der Waals surface area contributed by atoms with E-state index in [-0.39, 0.29) is 29.5 Å². The Kier molecular flexibility index (Phi) is 10.7. The summed E-state index contributed by atoms with van der Waals surface area (Å²) in [6, 6.07) is 12.1. The van der Waals surface area contributed by atoms with Gasteiger partial charge in [0.05, 0.1) is 11.0 Å². The van der Waals surface area contributed by atoms with Crippen LogP contribution in [0.5, 0.6) is 0 Å². The molecule has 20 heavy (non-hydrogen) atoms. The molecule has 0 amide bonds. The van der Waals surface area contributed by atoms with Gasteiger partial charge in [-0.3, -0.25) is 9.97 Å². The molecule has 0 aliphatic heterocycles. The predicted molar refractivity (Wildman–Crippen MR) is 72.7 cm³/mol. The zero-order chi connectivity index (χ0) is 13.4. The largest absolute Gasteiger partial charge is 2.00 e. The Bertz CT molecular complexity index is 636. The van der Waals surface area contributed by atoms with E-state index in [0.29, 0.717) is 0 Å². The van der Waals surface area contributed by atoms with E-state index < -0.39 is 0 Å². The number of nitrogens with zero attached hydrogens (tertiary/aromatic N) is 4. The summed E-state index contributed by atoms with van der Waals surface area (Å²) in [5, 5.41) is 14.8. The summed E-state index contributed by atoms with van der Waals surface area (Å²) >= 11 is 0. The third kappa shape index (κ3) is 4.16. The van der Waals surface area contributed by atoms with Crippen molar-refractivity contribution in [3.05, 3.63) is 61.9 Å². The number of pyridine rings is 2. The normalized spacial score (nSPS) is 7.80. The number of aromatic nitrogens is 2. The first-order valence-electron chi connectivity index (χ1n) is 4.98. The van der Waals surface area contributed by atoms with E-state index in [4.69, 9.17) is 23.7 Å². The van der Waals surface area contributed by atoms with Gasteiger partial charge in [0.25, 0.3) is 0 Å². The zero-order valence-electron chi connectivity index (χ0n) is 10.3. The summed E-state index contributed by atoms with van der Waals surface area (Å²) in [7, 11) is 0. The minimum Gasteiger partial charge on any atom is -0.512 e. The van der Waals surface area contributed by atoms with Crippen molar-refractivity contribution < 1.29 is 21.1 Å². The molecule has 6 heteroatoms. The van der Waals surface area contributed by atoms with Gasteiger partial charge in [0.1, 0.15) is 0 Å². The Labute approximate surface area is 133 Å². The molecule has 3 aromatic rings. The van der Waals surface area contributed by atoms with Crippen LogP contribution < -0.4 is 0 Å². The predicted octanol–water partition coefficient (Wildman–Crippen LogP) is 2.59. The van der Waals surface area contributed by atoms with E-state index in [1.807, 2.05) is 12.1 Å². The smallest absolute Gasteiger partial charge is 0.512 e. The molecule has 3 rings (SSSR count). The van der Waals surface area contributed by atoms with E-state index in [1.54, 1.807) is 12.4 Å². The van der Waals surface area contributed by atoms with Crippen molar-refractivity contribution in [2.24, 2.45) is 0 Å². The molecule has 0 fully saturated rings. The van der Waals surface area contributed by atoms with Crippen LogP contribution in [0, 0.1) is 23.7 Å². The van der Waals surface area contributed by atoms with E-state index in [2.05, 4.69) is 34.2 Å². The van der Waals surface area contributed by atoms with Crippen molar-refractivity contribution in [2.45, 2.75) is 0 Å². The summed E-state index contributed by atoms with van der Waals surface area (Å²) in [5.74, 6) is 0. The standard InChI is InChI=1S/C12H8N2.2CN.B.Pt/c1-3-9-5-6-10-4-2-8-14-12(10)11(9)13-7-1;2*1-2;;/h1-8H;;;;/q;2*-1;;+2. The van der Waals surface area contributed by atoms with E-state index >= 15 is 0 Å². The van der Waals surface area contributed by atoms with Crippen LogP contribution in [0.4, 0.5) is 0 Å². The third-order valence-electron chi connectivity index (χ3n) is 2.34. The molecule has 4 nitrogen and oxygen atoms in total. The maximum absolute atomic E-state index is 6.25. The van der Waals surface area contributed by atoms with Gasteiger partial charge in [0, 0.05) is 31.6 Å². The van der Waals surface area contributed by atoms with Crippen molar-refractivity contribution in [3.63, 3.8) is 0 Å². The van der Waals surface area contributed by atoms with Gasteiger partial charge in [-0.2, -0.15) is 0 Å². The van der Waals surface area contributed by atoms with Gasteiger partial charge in [-0.05, 0) is 12.1 Å². The minimum absolute atomic E-state index is 0. The van der Waals surface area contributed by atoms with Crippen molar-refractivity contribution in [1.29, 1.82) is 10.5 Å². The van der Waals surface area contributed by atoms with Crippen LogP contribution in [-0.2, 0) is 21.1 Å². The summed E-state index contributed by atoms with van der Waals surface area (Å²) in [6.45, 7) is 9.50. The Morgan fingerprint density at radius 2 is 1.05 bits per heavy atom. The quantitative estimate of drug-likeness (QED) is 0.308. The summed E-state index contributed by atoms with van der Waals surface area (Å²) in [6.07, 6.45) is 3.60. The molecule has 0 bridgehead atoms.